The van der Waals surface area contributed by atoms with E-state index in [1.807, 2.05) is 19.1 Å². The molecule has 8 heteroatoms. The van der Waals surface area contributed by atoms with Gasteiger partial charge in [-0.1, -0.05) is 5.21 Å². The van der Waals surface area contributed by atoms with Crippen molar-refractivity contribution in [1.82, 2.24) is 25.9 Å². The third-order valence-electron chi connectivity index (χ3n) is 3.09. The van der Waals surface area contributed by atoms with Gasteiger partial charge >= 0.3 is 0 Å². The van der Waals surface area contributed by atoms with Crippen LogP contribution in [-0.4, -0.2) is 42.0 Å². The highest BCUT2D eigenvalue weighted by molar-refractivity contribution is 5.53. The Balaban J connectivity index is 2.13. The van der Waals surface area contributed by atoms with Crippen molar-refractivity contribution in [2.24, 2.45) is 0 Å². The molecule has 0 amide bonds. The predicted octanol–water partition coefficient (Wildman–Crippen LogP) is 1.08. The van der Waals surface area contributed by atoms with Crippen LogP contribution >= 0.6 is 0 Å². The van der Waals surface area contributed by atoms with Crippen LogP contribution in [0.2, 0.25) is 0 Å². The van der Waals surface area contributed by atoms with E-state index in [2.05, 4.69) is 25.9 Å². The molecule has 0 fully saturated rings. The zero-order chi connectivity index (χ0) is 15.2. The van der Waals surface area contributed by atoms with Crippen molar-refractivity contribution in [3.8, 4) is 17.2 Å². The summed E-state index contributed by atoms with van der Waals surface area (Å²) in [6.45, 7) is 2.56. The standard InChI is InChI=1S/C13H19N5O3/c1-8(13-15-17-18-16-13)14-7-9-5-10(19-2)12(21-4)11(6-9)20-3/h5-6,8,14H,7H2,1-4H3,(H,15,16,17,18). The number of H-pyrrole nitrogens is 1. The molecule has 1 aromatic carbocycles. The zero-order valence-corrected chi connectivity index (χ0v) is 12.5. The first kappa shape index (κ1) is 15.0. The van der Waals surface area contributed by atoms with Crippen molar-refractivity contribution in [3.05, 3.63) is 23.5 Å². The van der Waals surface area contributed by atoms with Crippen molar-refractivity contribution in [2.75, 3.05) is 21.3 Å². The van der Waals surface area contributed by atoms with E-state index >= 15 is 0 Å². The lowest BCUT2D eigenvalue weighted by Crippen LogP contribution is -2.19. The molecule has 0 saturated carbocycles. The first-order valence-electron chi connectivity index (χ1n) is 6.45. The van der Waals surface area contributed by atoms with Gasteiger partial charge < -0.3 is 19.5 Å². The van der Waals surface area contributed by atoms with E-state index in [1.54, 1.807) is 21.3 Å². The van der Waals surface area contributed by atoms with Crippen LogP contribution in [0.1, 0.15) is 24.4 Å². The molecule has 2 N–H and O–H groups in total. The first-order valence-corrected chi connectivity index (χ1v) is 6.45. The maximum Gasteiger partial charge on any atom is 0.203 e. The molecular weight excluding hydrogens is 274 g/mol. The fraction of sp³-hybridized carbons (Fsp3) is 0.462. The molecule has 1 heterocycles. The molecule has 0 spiro atoms. The second kappa shape index (κ2) is 6.89. The number of benzene rings is 1. The lowest BCUT2D eigenvalue weighted by Gasteiger charge is -2.15. The number of aromatic nitrogens is 4. The maximum absolute atomic E-state index is 5.33. The Kier molecular flexibility index (Phi) is 4.94. The van der Waals surface area contributed by atoms with E-state index in [1.165, 1.54) is 0 Å². The summed E-state index contributed by atoms with van der Waals surface area (Å²) in [4.78, 5) is 0. The van der Waals surface area contributed by atoms with E-state index < -0.39 is 0 Å². The molecule has 114 valence electrons. The third kappa shape index (κ3) is 3.40. The molecular formula is C13H19N5O3. The van der Waals surface area contributed by atoms with Crippen molar-refractivity contribution in [1.29, 1.82) is 0 Å². The maximum atomic E-state index is 5.33. The Morgan fingerprint density at radius 3 is 2.29 bits per heavy atom. The first-order chi connectivity index (χ1) is 10.2. The topological polar surface area (TPSA) is 94.2 Å². The van der Waals surface area contributed by atoms with Crippen LogP contribution in [0, 0.1) is 0 Å². The van der Waals surface area contributed by atoms with Gasteiger partial charge in [-0.25, -0.2) is 0 Å². The van der Waals surface area contributed by atoms with Gasteiger partial charge in [0.25, 0.3) is 0 Å². The fourth-order valence-electron chi connectivity index (χ4n) is 1.95. The van der Waals surface area contributed by atoms with Gasteiger partial charge in [-0.2, -0.15) is 5.21 Å². The van der Waals surface area contributed by atoms with Gasteiger partial charge in [0.05, 0.1) is 27.4 Å². The van der Waals surface area contributed by atoms with E-state index in [0.29, 0.717) is 29.6 Å². The number of ether oxygens (including phenoxy) is 3. The highest BCUT2D eigenvalue weighted by Crippen LogP contribution is 2.38. The van der Waals surface area contributed by atoms with E-state index in [4.69, 9.17) is 14.2 Å². The van der Waals surface area contributed by atoms with E-state index in [0.717, 1.165) is 5.56 Å². The number of aromatic amines is 1. The minimum absolute atomic E-state index is 0.0251. The lowest BCUT2D eigenvalue weighted by molar-refractivity contribution is 0.323. The fourth-order valence-corrected chi connectivity index (χ4v) is 1.95. The monoisotopic (exact) mass is 293 g/mol. The normalized spacial score (nSPS) is 12.0. The summed E-state index contributed by atoms with van der Waals surface area (Å²) in [7, 11) is 4.77. The predicted molar refractivity (Wildman–Crippen MR) is 75.5 cm³/mol. The Morgan fingerprint density at radius 2 is 1.81 bits per heavy atom. The summed E-state index contributed by atoms with van der Waals surface area (Å²) in [6, 6.07) is 3.78. The van der Waals surface area contributed by atoms with Crippen LogP contribution in [0.25, 0.3) is 0 Å². The van der Waals surface area contributed by atoms with Crippen LogP contribution in [0.15, 0.2) is 12.1 Å². The van der Waals surface area contributed by atoms with E-state index in [-0.39, 0.29) is 6.04 Å². The SMILES string of the molecule is COc1cc(CNC(C)c2nn[nH]n2)cc(OC)c1OC. The zero-order valence-electron chi connectivity index (χ0n) is 12.5. The molecule has 1 atom stereocenters. The Hall–Kier alpha value is -2.35. The average Bonchev–Trinajstić information content (AvgIpc) is 3.05. The molecule has 0 aliphatic carbocycles. The van der Waals surface area contributed by atoms with Gasteiger partial charge in [-0.05, 0) is 24.6 Å². The summed E-state index contributed by atoms with van der Waals surface area (Å²) in [6.07, 6.45) is 0. The molecule has 0 saturated heterocycles. The minimum Gasteiger partial charge on any atom is -0.493 e. The number of tetrazole rings is 1. The molecule has 0 bridgehead atoms. The highest BCUT2D eigenvalue weighted by Gasteiger charge is 2.14. The Morgan fingerprint density at radius 1 is 1.14 bits per heavy atom. The minimum atomic E-state index is -0.0251. The number of methoxy groups -OCH3 is 3. The lowest BCUT2D eigenvalue weighted by atomic mass is 10.1. The quantitative estimate of drug-likeness (QED) is 0.788. The van der Waals surface area contributed by atoms with E-state index in [9.17, 15) is 0 Å². The van der Waals surface area contributed by atoms with Gasteiger partial charge in [-0.15, -0.1) is 10.2 Å². The molecule has 1 aromatic heterocycles. The molecule has 2 aromatic rings. The Bertz CT molecular complexity index is 548. The average molecular weight is 293 g/mol. The molecule has 1 unspecified atom stereocenters. The number of hydrogen-bond donors (Lipinski definition) is 2. The molecule has 0 aliphatic heterocycles. The number of nitrogens with one attached hydrogen (secondary N) is 2. The van der Waals surface area contributed by atoms with Crippen molar-refractivity contribution >= 4 is 0 Å². The van der Waals surface area contributed by atoms with Gasteiger partial charge in [-0.3, -0.25) is 0 Å². The van der Waals surface area contributed by atoms with Gasteiger partial charge in [0.1, 0.15) is 0 Å². The van der Waals surface area contributed by atoms with Crippen molar-refractivity contribution in [3.63, 3.8) is 0 Å². The van der Waals surface area contributed by atoms with Gasteiger partial charge in [0.15, 0.2) is 17.3 Å². The molecule has 0 radical (unpaired) electrons. The molecule has 21 heavy (non-hydrogen) atoms. The number of rotatable bonds is 7. The summed E-state index contributed by atoms with van der Waals surface area (Å²) in [5.74, 6) is 2.44. The summed E-state index contributed by atoms with van der Waals surface area (Å²) in [5, 5.41) is 17.2. The summed E-state index contributed by atoms with van der Waals surface area (Å²) < 4.78 is 15.9. The molecule has 8 nitrogen and oxygen atoms in total. The Labute approximate surface area is 122 Å². The van der Waals surface area contributed by atoms with Gasteiger partial charge in [0, 0.05) is 6.54 Å². The van der Waals surface area contributed by atoms with Crippen LogP contribution in [0.5, 0.6) is 17.2 Å². The van der Waals surface area contributed by atoms with Crippen LogP contribution in [0.4, 0.5) is 0 Å². The highest BCUT2D eigenvalue weighted by atomic mass is 16.5. The summed E-state index contributed by atoms with van der Waals surface area (Å²) >= 11 is 0. The van der Waals surface area contributed by atoms with Crippen LogP contribution in [0.3, 0.4) is 0 Å². The molecule has 0 aliphatic rings. The molecule has 2 rings (SSSR count). The number of nitrogens with zero attached hydrogens (tertiary/aromatic N) is 3. The van der Waals surface area contributed by atoms with Crippen LogP contribution < -0.4 is 19.5 Å². The largest absolute Gasteiger partial charge is 0.493 e. The second-order valence-corrected chi connectivity index (χ2v) is 4.41. The van der Waals surface area contributed by atoms with Crippen molar-refractivity contribution < 1.29 is 14.2 Å². The number of hydrogen-bond acceptors (Lipinski definition) is 7. The second-order valence-electron chi connectivity index (χ2n) is 4.41. The van der Waals surface area contributed by atoms with Gasteiger partial charge in [0.2, 0.25) is 5.75 Å². The smallest absolute Gasteiger partial charge is 0.203 e. The van der Waals surface area contributed by atoms with Crippen LogP contribution in [-0.2, 0) is 6.54 Å². The third-order valence-corrected chi connectivity index (χ3v) is 3.09. The summed E-state index contributed by atoms with van der Waals surface area (Å²) in [5.41, 5.74) is 1.000. The van der Waals surface area contributed by atoms with Crippen molar-refractivity contribution in [2.45, 2.75) is 19.5 Å².